The van der Waals surface area contributed by atoms with E-state index >= 15 is 0 Å². The summed E-state index contributed by atoms with van der Waals surface area (Å²) in [7, 11) is 1.93. The Balaban J connectivity index is 2.09. The average Bonchev–Trinajstić information content (AvgIpc) is 2.75. The number of nitrogens with one attached hydrogen (secondary N) is 2. The first-order valence-electron chi connectivity index (χ1n) is 11.2. The van der Waals surface area contributed by atoms with E-state index in [-0.39, 0.29) is 29.8 Å². The number of hydrogen-bond donors (Lipinski definition) is 3. The highest BCUT2D eigenvalue weighted by Crippen LogP contribution is 2.31. The third kappa shape index (κ3) is 6.69. The second kappa shape index (κ2) is 11.3. The van der Waals surface area contributed by atoms with E-state index < -0.39 is 6.04 Å². The molecule has 7 heteroatoms. The maximum absolute atomic E-state index is 13.1. The van der Waals surface area contributed by atoms with Gasteiger partial charge in [0.25, 0.3) is 0 Å². The minimum absolute atomic E-state index is 0.0790. The van der Waals surface area contributed by atoms with Gasteiger partial charge in [0.1, 0.15) is 11.9 Å². The zero-order valence-corrected chi connectivity index (χ0v) is 19.1. The number of nitrogens with two attached hydrogens (primary N) is 1. The first-order valence-corrected chi connectivity index (χ1v) is 11.2. The number of amides is 2. The molecule has 0 saturated heterocycles. The van der Waals surface area contributed by atoms with Crippen molar-refractivity contribution in [1.82, 2.24) is 20.5 Å². The van der Waals surface area contributed by atoms with E-state index in [9.17, 15) is 9.59 Å². The van der Waals surface area contributed by atoms with E-state index in [0.29, 0.717) is 18.3 Å². The maximum Gasteiger partial charge on any atom is 0.243 e. The van der Waals surface area contributed by atoms with Crippen molar-refractivity contribution in [3.05, 3.63) is 23.9 Å². The van der Waals surface area contributed by atoms with Crippen molar-refractivity contribution in [1.29, 1.82) is 0 Å². The predicted octanol–water partition coefficient (Wildman–Crippen LogP) is 2.71. The van der Waals surface area contributed by atoms with Gasteiger partial charge in [-0.05, 0) is 51.3 Å². The standard InChI is InChI=1S/C23H39N5O2/c1-15(2)28(5)17(4)22(29)27-21(16(3)19-9-7-6-8-10-19)23(30)26-14-18-11-12-20(24)25-13-18/h11-13,15-17,19,21H,6-10,14H2,1-5H3,(H2,24,25)(H,26,30)(H,27,29)/t16?,17-,21+/m0/s1. The molecule has 1 heterocycles. The molecule has 7 nitrogen and oxygen atoms in total. The lowest BCUT2D eigenvalue weighted by molar-refractivity contribution is -0.133. The van der Waals surface area contributed by atoms with E-state index in [2.05, 4.69) is 36.4 Å². The summed E-state index contributed by atoms with van der Waals surface area (Å²) < 4.78 is 0. The number of nitrogen functional groups attached to an aromatic ring is 1. The molecular formula is C23H39N5O2. The lowest BCUT2D eigenvalue weighted by atomic mass is 9.77. The van der Waals surface area contributed by atoms with Crippen LogP contribution in [0.5, 0.6) is 0 Å². The Morgan fingerprint density at radius 1 is 1.13 bits per heavy atom. The Morgan fingerprint density at radius 3 is 2.37 bits per heavy atom. The van der Waals surface area contributed by atoms with Crippen LogP contribution in [-0.4, -0.2) is 46.9 Å². The highest BCUT2D eigenvalue weighted by Gasteiger charge is 2.34. The topological polar surface area (TPSA) is 100 Å². The molecule has 30 heavy (non-hydrogen) atoms. The Bertz CT molecular complexity index is 685. The summed E-state index contributed by atoms with van der Waals surface area (Å²) in [6, 6.07) is 2.95. The molecule has 168 valence electrons. The summed E-state index contributed by atoms with van der Waals surface area (Å²) in [5.74, 6) is 0.728. The third-order valence-electron chi connectivity index (χ3n) is 6.62. The molecule has 0 aliphatic heterocycles. The van der Waals surface area contributed by atoms with Gasteiger partial charge in [0.2, 0.25) is 11.8 Å². The average molecular weight is 418 g/mol. The van der Waals surface area contributed by atoms with Crippen LogP contribution in [0, 0.1) is 11.8 Å². The van der Waals surface area contributed by atoms with Gasteiger partial charge >= 0.3 is 0 Å². The van der Waals surface area contributed by atoms with Crippen molar-refractivity contribution in [2.75, 3.05) is 12.8 Å². The molecule has 2 amide bonds. The molecule has 0 aromatic carbocycles. The third-order valence-corrected chi connectivity index (χ3v) is 6.62. The van der Waals surface area contributed by atoms with Crippen molar-refractivity contribution < 1.29 is 9.59 Å². The number of aromatic nitrogens is 1. The lowest BCUT2D eigenvalue weighted by Gasteiger charge is -2.35. The molecule has 1 saturated carbocycles. The minimum Gasteiger partial charge on any atom is -0.384 e. The Morgan fingerprint density at radius 2 is 1.80 bits per heavy atom. The summed E-state index contributed by atoms with van der Waals surface area (Å²) in [4.78, 5) is 32.2. The van der Waals surface area contributed by atoms with Gasteiger partial charge in [-0.1, -0.05) is 45.1 Å². The van der Waals surface area contributed by atoms with Gasteiger partial charge < -0.3 is 16.4 Å². The number of nitrogens with zero attached hydrogens (tertiary/aromatic N) is 2. The predicted molar refractivity (Wildman–Crippen MR) is 121 cm³/mol. The maximum atomic E-state index is 13.1. The molecule has 0 bridgehead atoms. The number of anilines is 1. The molecule has 2 rings (SSSR count). The summed E-state index contributed by atoms with van der Waals surface area (Å²) >= 11 is 0. The quantitative estimate of drug-likeness (QED) is 0.574. The number of hydrogen-bond acceptors (Lipinski definition) is 5. The van der Waals surface area contributed by atoms with Crippen LogP contribution in [-0.2, 0) is 16.1 Å². The molecule has 0 spiro atoms. The van der Waals surface area contributed by atoms with Crippen molar-refractivity contribution in [2.45, 2.75) is 84.5 Å². The molecule has 1 aliphatic carbocycles. The van der Waals surface area contributed by atoms with E-state index in [1.54, 1.807) is 12.3 Å². The van der Waals surface area contributed by atoms with Gasteiger partial charge in [0, 0.05) is 18.8 Å². The first-order chi connectivity index (χ1) is 14.2. The summed E-state index contributed by atoms with van der Waals surface area (Å²) in [6.45, 7) is 8.45. The second-order valence-electron chi connectivity index (χ2n) is 8.99. The van der Waals surface area contributed by atoms with Gasteiger partial charge in [0.05, 0.1) is 6.04 Å². The van der Waals surface area contributed by atoms with Crippen LogP contribution in [0.1, 0.15) is 65.4 Å². The van der Waals surface area contributed by atoms with Crippen LogP contribution in [0.3, 0.4) is 0 Å². The molecule has 1 unspecified atom stereocenters. The van der Waals surface area contributed by atoms with Crippen LogP contribution in [0.2, 0.25) is 0 Å². The van der Waals surface area contributed by atoms with Crippen molar-refractivity contribution in [3.8, 4) is 0 Å². The lowest BCUT2D eigenvalue weighted by Crippen LogP contribution is -2.56. The van der Waals surface area contributed by atoms with Gasteiger partial charge in [-0.3, -0.25) is 14.5 Å². The van der Waals surface area contributed by atoms with Crippen molar-refractivity contribution in [2.24, 2.45) is 11.8 Å². The number of carbonyl (C=O) groups is 2. The highest BCUT2D eigenvalue weighted by atomic mass is 16.2. The number of carbonyl (C=O) groups excluding carboxylic acids is 2. The fourth-order valence-corrected chi connectivity index (χ4v) is 4.11. The van der Waals surface area contributed by atoms with Crippen LogP contribution in [0.4, 0.5) is 5.82 Å². The van der Waals surface area contributed by atoms with E-state index in [0.717, 1.165) is 18.4 Å². The van der Waals surface area contributed by atoms with Crippen LogP contribution < -0.4 is 16.4 Å². The highest BCUT2D eigenvalue weighted by molar-refractivity contribution is 5.89. The van der Waals surface area contributed by atoms with Gasteiger partial charge in [0.15, 0.2) is 0 Å². The molecule has 0 radical (unpaired) electrons. The summed E-state index contributed by atoms with van der Waals surface area (Å²) in [5, 5.41) is 6.05. The summed E-state index contributed by atoms with van der Waals surface area (Å²) in [5.41, 5.74) is 6.51. The number of rotatable bonds is 9. The van der Waals surface area contributed by atoms with Crippen molar-refractivity contribution >= 4 is 17.6 Å². The monoisotopic (exact) mass is 417 g/mol. The zero-order chi connectivity index (χ0) is 22.3. The number of pyridine rings is 1. The Hall–Kier alpha value is -2.15. The van der Waals surface area contributed by atoms with Crippen LogP contribution >= 0.6 is 0 Å². The fourth-order valence-electron chi connectivity index (χ4n) is 4.11. The zero-order valence-electron chi connectivity index (χ0n) is 19.1. The first kappa shape index (κ1) is 24.1. The summed E-state index contributed by atoms with van der Waals surface area (Å²) in [6.07, 6.45) is 7.54. The molecule has 1 fully saturated rings. The van der Waals surface area contributed by atoms with Gasteiger partial charge in [-0.15, -0.1) is 0 Å². The van der Waals surface area contributed by atoms with Crippen molar-refractivity contribution in [3.63, 3.8) is 0 Å². The second-order valence-corrected chi connectivity index (χ2v) is 8.99. The molecule has 3 atom stereocenters. The van der Waals surface area contributed by atoms with E-state index in [4.69, 9.17) is 5.73 Å². The van der Waals surface area contributed by atoms with Crippen LogP contribution in [0.15, 0.2) is 18.3 Å². The SMILES string of the molecule is CC(C1CCCCC1)[C@@H](NC(=O)[C@H](C)N(C)C(C)C)C(=O)NCc1ccc(N)nc1. The van der Waals surface area contributed by atoms with Crippen LogP contribution in [0.25, 0.3) is 0 Å². The molecule has 4 N–H and O–H groups in total. The van der Waals surface area contributed by atoms with E-state index in [1.807, 2.05) is 24.9 Å². The molecular weight excluding hydrogens is 378 g/mol. The Labute approximate surface area is 181 Å². The normalized spacial score (nSPS) is 18.1. The largest absolute Gasteiger partial charge is 0.384 e. The fraction of sp³-hybridized carbons (Fsp3) is 0.696. The van der Waals surface area contributed by atoms with Gasteiger partial charge in [-0.25, -0.2) is 4.98 Å². The minimum atomic E-state index is -0.551. The number of likely N-dealkylation sites (N-methyl/N-ethyl adjacent to an activating group) is 1. The molecule has 1 aliphatic rings. The molecule has 1 aromatic heterocycles. The smallest absolute Gasteiger partial charge is 0.243 e. The molecule has 1 aromatic rings. The van der Waals surface area contributed by atoms with E-state index in [1.165, 1.54) is 19.3 Å². The Kier molecular flexibility index (Phi) is 9.08. The van der Waals surface area contributed by atoms with Gasteiger partial charge in [-0.2, -0.15) is 0 Å².